The highest BCUT2D eigenvalue weighted by Gasteiger charge is 2.25. The van der Waals surface area contributed by atoms with Gasteiger partial charge < -0.3 is 33.2 Å². The summed E-state index contributed by atoms with van der Waals surface area (Å²) >= 11 is 7.93. The van der Waals surface area contributed by atoms with E-state index in [1.807, 2.05) is 0 Å². The van der Waals surface area contributed by atoms with E-state index in [0.717, 1.165) is 0 Å². The highest BCUT2D eigenvalue weighted by Crippen LogP contribution is 1.98. The maximum atomic E-state index is 12.0. The summed E-state index contributed by atoms with van der Waals surface area (Å²) in [6, 6.07) is -2.72. The van der Waals surface area contributed by atoms with Crippen molar-refractivity contribution in [3.63, 3.8) is 0 Å². The van der Waals surface area contributed by atoms with E-state index in [-0.39, 0.29) is 17.5 Å². The van der Waals surface area contributed by atoms with Crippen LogP contribution in [0.4, 0.5) is 0 Å². The van der Waals surface area contributed by atoms with Gasteiger partial charge in [0.05, 0.1) is 6.04 Å². The fraction of sp³-hybridized carbons (Fsp3) is 0.667. The average Bonchev–Trinajstić information content (AvgIpc) is 2.52. The molecule has 0 unspecified atom stereocenters. The van der Waals surface area contributed by atoms with Crippen molar-refractivity contribution in [2.24, 2.45) is 17.2 Å². The number of thiol groups is 2. The predicted molar refractivity (Wildman–Crippen MR) is 97.9 cm³/mol. The van der Waals surface area contributed by atoms with Crippen LogP contribution in [0, 0.1) is 5.41 Å². The van der Waals surface area contributed by atoms with E-state index in [2.05, 4.69) is 41.2 Å². The Labute approximate surface area is 151 Å². The van der Waals surface area contributed by atoms with Gasteiger partial charge in [0.25, 0.3) is 0 Å². The Balaban J connectivity index is 4.42. The second-order valence-electron chi connectivity index (χ2n) is 4.98. The van der Waals surface area contributed by atoms with E-state index in [4.69, 9.17) is 22.6 Å². The number of rotatable bonds is 11. The molecule has 0 radical (unpaired) electrons. The fourth-order valence-corrected chi connectivity index (χ4v) is 2.16. The molecule has 10 nitrogen and oxygen atoms in total. The summed E-state index contributed by atoms with van der Waals surface area (Å²) in [7, 11) is 0. The molecule has 0 aliphatic heterocycles. The van der Waals surface area contributed by atoms with Gasteiger partial charge >= 0.3 is 0 Å². The summed E-state index contributed by atoms with van der Waals surface area (Å²) < 4.78 is 0. The number of amides is 3. The molecule has 3 amide bonds. The minimum atomic E-state index is -0.955. The van der Waals surface area contributed by atoms with Crippen LogP contribution in [0.5, 0.6) is 0 Å². The number of nitrogens with one attached hydrogen (secondary N) is 4. The van der Waals surface area contributed by atoms with Gasteiger partial charge in [-0.2, -0.15) is 25.3 Å². The van der Waals surface area contributed by atoms with Gasteiger partial charge in [-0.15, -0.1) is 0 Å². The summed E-state index contributed by atoms with van der Waals surface area (Å²) in [6.07, 6.45) is 0.864. The summed E-state index contributed by atoms with van der Waals surface area (Å²) in [5.74, 6) is -1.94. The molecule has 0 aromatic carbocycles. The van der Waals surface area contributed by atoms with Gasteiger partial charge in [0, 0.05) is 18.1 Å². The van der Waals surface area contributed by atoms with Gasteiger partial charge in [0.15, 0.2) is 5.96 Å². The molecule has 3 atom stereocenters. The van der Waals surface area contributed by atoms with Crippen molar-refractivity contribution >= 4 is 48.9 Å². The van der Waals surface area contributed by atoms with E-state index < -0.39 is 35.8 Å². The van der Waals surface area contributed by atoms with Crippen LogP contribution in [-0.2, 0) is 14.4 Å². The third-order valence-electron chi connectivity index (χ3n) is 3.00. The molecule has 0 bridgehead atoms. The van der Waals surface area contributed by atoms with Crippen molar-refractivity contribution in [3.8, 4) is 0 Å². The number of nitrogens with two attached hydrogens (primary N) is 3. The van der Waals surface area contributed by atoms with Crippen molar-refractivity contribution in [2.75, 3.05) is 18.1 Å². The number of primary amides is 1. The van der Waals surface area contributed by atoms with Crippen LogP contribution in [0.1, 0.15) is 12.8 Å². The minimum absolute atomic E-state index is 0.0221. The molecule has 0 saturated heterocycles. The highest BCUT2D eigenvalue weighted by molar-refractivity contribution is 7.80. The molecule has 138 valence electrons. The summed E-state index contributed by atoms with van der Waals surface area (Å²) in [5, 5.41) is 14.4. The Morgan fingerprint density at radius 3 is 2.00 bits per heavy atom. The minimum Gasteiger partial charge on any atom is -0.370 e. The van der Waals surface area contributed by atoms with Crippen molar-refractivity contribution in [1.82, 2.24) is 16.0 Å². The smallest absolute Gasteiger partial charge is 0.244 e. The van der Waals surface area contributed by atoms with Crippen LogP contribution in [-0.4, -0.2) is 59.9 Å². The van der Waals surface area contributed by atoms with Crippen molar-refractivity contribution in [1.29, 1.82) is 5.41 Å². The quantitative estimate of drug-likeness (QED) is 0.0790. The first kappa shape index (κ1) is 22.3. The maximum Gasteiger partial charge on any atom is 0.244 e. The first-order valence-corrected chi connectivity index (χ1v) is 8.44. The Kier molecular flexibility index (Phi) is 11.0. The van der Waals surface area contributed by atoms with Crippen LogP contribution in [0.2, 0.25) is 0 Å². The van der Waals surface area contributed by atoms with Crippen molar-refractivity contribution in [3.05, 3.63) is 0 Å². The molecule has 12 heteroatoms. The molecule has 10 N–H and O–H groups in total. The zero-order valence-electron chi connectivity index (χ0n) is 13.1. The zero-order chi connectivity index (χ0) is 18.7. The highest BCUT2D eigenvalue weighted by atomic mass is 32.1. The molecule has 24 heavy (non-hydrogen) atoms. The van der Waals surface area contributed by atoms with E-state index >= 15 is 0 Å². The lowest BCUT2D eigenvalue weighted by molar-refractivity contribution is -0.131. The third-order valence-corrected chi connectivity index (χ3v) is 3.73. The molecule has 0 aliphatic rings. The largest absolute Gasteiger partial charge is 0.370 e. The fourth-order valence-electron chi connectivity index (χ4n) is 1.63. The second kappa shape index (κ2) is 11.8. The zero-order valence-corrected chi connectivity index (χ0v) is 14.9. The van der Waals surface area contributed by atoms with Crippen LogP contribution in [0.15, 0.2) is 0 Å². The first-order valence-electron chi connectivity index (χ1n) is 7.18. The lowest BCUT2D eigenvalue weighted by atomic mass is 10.1. The molecular formula is C12H25N7O3S2. The number of carbonyl (C=O) groups is 3. The molecule has 0 saturated carbocycles. The number of guanidine groups is 1. The second-order valence-corrected chi connectivity index (χ2v) is 5.71. The molecule has 0 aromatic heterocycles. The van der Waals surface area contributed by atoms with E-state index in [1.54, 1.807) is 0 Å². The number of carbonyl (C=O) groups excluding carboxylic acids is 3. The SMILES string of the molecule is N=C(N)NCCC[C@H](N)C(=O)N[C@@H](CS)C(=O)N[C@@H](CS)C(N)=O. The molecule has 0 fully saturated rings. The summed E-state index contributed by atoms with van der Waals surface area (Å²) in [5.41, 5.74) is 16.0. The van der Waals surface area contributed by atoms with E-state index in [0.29, 0.717) is 19.4 Å². The Hall–Kier alpha value is -1.66. The molecule has 0 aliphatic carbocycles. The standard InChI is InChI=1S/C12H25N7O3S2/c13-6(2-1-3-17-12(15)16)10(21)19-8(5-24)11(22)18-7(4-23)9(14)20/h6-8,23-24H,1-5,13H2,(H2,14,20)(H,18,22)(H,19,21)(H4,15,16,17)/t6-,7-,8-/m0/s1. The van der Waals surface area contributed by atoms with Crippen molar-refractivity contribution < 1.29 is 14.4 Å². The Morgan fingerprint density at radius 1 is 1.00 bits per heavy atom. The first-order chi connectivity index (χ1) is 11.2. The van der Waals surface area contributed by atoms with Gasteiger partial charge in [-0.3, -0.25) is 19.8 Å². The monoisotopic (exact) mass is 379 g/mol. The number of hydrogen-bond donors (Lipinski definition) is 9. The lowest BCUT2D eigenvalue weighted by Gasteiger charge is -2.21. The Morgan fingerprint density at radius 2 is 1.54 bits per heavy atom. The van der Waals surface area contributed by atoms with Gasteiger partial charge in [0.1, 0.15) is 12.1 Å². The maximum absolute atomic E-state index is 12.0. The van der Waals surface area contributed by atoms with Crippen LogP contribution >= 0.6 is 25.3 Å². The average molecular weight is 380 g/mol. The van der Waals surface area contributed by atoms with Crippen LogP contribution in [0.3, 0.4) is 0 Å². The topological polar surface area (TPSA) is 189 Å². The van der Waals surface area contributed by atoms with Crippen molar-refractivity contribution in [2.45, 2.75) is 31.0 Å². The molecule has 0 aromatic rings. The molecule has 0 heterocycles. The van der Waals surface area contributed by atoms with Gasteiger partial charge in [0.2, 0.25) is 17.7 Å². The third kappa shape index (κ3) is 8.84. The van der Waals surface area contributed by atoms with Crippen LogP contribution in [0.25, 0.3) is 0 Å². The predicted octanol–water partition coefficient (Wildman–Crippen LogP) is -3.11. The van der Waals surface area contributed by atoms with E-state index in [1.165, 1.54) is 0 Å². The van der Waals surface area contributed by atoms with Gasteiger partial charge in [-0.05, 0) is 12.8 Å². The van der Waals surface area contributed by atoms with Crippen LogP contribution < -0.4 is 33.2 Å². The van der Waals surface area contributed by atoms with Gasteiger partial charge in [-0.25, -0.2) is 0 Å². The Bertz CT molecular complexity index is 464. The lowest BCUT2D eigenvalue weighted by Crippen LogP contribution is -2.56. The molecular weight excluding hydrogens is 354 g/mol. The normalized spacial score (nSPS) is 14.1. The summed E-state index contributed by atoms with van der Waals surface area (Å²) in [4.78, 5) is 35.1. The van der Waals surface area contributed by atoms with Gasteiger partial charge in [-0.1, -0.05) is 0 Å². The summed E-state index contributed by atoms with van der Waals surface area (Å²) in [6.45, 7) is 0.412. The van der Waals surface area contributed by atoms with E-state index in [9.17, 15) is 14.4 Å². The number of hydrogen-bond acceptors (Lipinski definition) is 7. The molecule has 0 rings (SSSR count). The molecule has 0 spiro atoms.